The fourth-order valence-electron chi connectivity index (χ4n) is 0.772. The molecular formula is C8H5FIO2Si. The van der Waals surface area contributed by atoms with Crippen molar-refractivity contribution in [3.05, 3.63) is 33.1 Å². The highest BCUT2D eigenvalue weighted by Gasteiger charge is 2.08. The van der Waals surface area contributed by atoms with Crippen LogP contribution in [0.25, 0.3) is 0 Å². The van der Waals surface area contributed by atoms with Gasteiger partial charge in [-0.25, -0.2) is 9.18 Å². The van der Waals surface area contributed by atoms with Crippen molar-refractivity contribution in [3.63, 3.8) is 0 Å². The summed E-state index contributed by atoms with van der Waals surface area (Å²) < 4.78 is 18.1. The standard InChI is InChI=1S/C8H5FIO2Si/c9-6-3-5(1-2-7(6)10)8(11)12-4-13/h1-3H,4H2. The molecular weight excluding hydrogens is 302 g/mol. The average Bonchev–Trinajstić information content (AvgIpc) is 2.10. The summed E-state index contributed by atoms with van der Waals surface area (Å²) in [7, 11) is 2.99. The third-order valence-electron chi connectivity index (χ3n) is 1.36. The zero-order valence-electron chi connectivity index (χ0n) is 6.51. The average molecular weight is 307 g/mol. The molecule has 0 atom stereocenters. The van der Waals surface area contributed by atoms with Gasteiger partial charge in [0.25, 0.3) is 0 Å². The molecule has 0 unspecified atom stereocenters. The minimum absolute atomic E-state index is 0.104. The summed E-state index contributed by atoms with van der Waals surface area (Å²) >= 11 is 1.85. The monoisotopic (exact) mass is 307 g/mol. The van der Waals surface area contributed by atoms with Gasteiger partial charge < -0.3 is 4.74 Å². The lowest BCUT2D eigenvalue weighted by molar-refractivity contribution is 0.0573. The maximum absolute atomic E-state index is 13.0. The largest absolute Gasteiger partial charge is 0.467 e. The van der Waals surface area contributed by atoms with Gasteiger partial charge in [0.1, 0.15) is 5.82 Å². The first-order valence-corrected chi connectivity index (χ1v) is 5.20. The first-order valence-electron chi connectivity index (χ1n) is 3.42. The van der Waals surface area contributed by atoms with Gasteiger partial charge in [-0.15, -0.1) is 0 Å². The summed E-state index contributed by atoms with van der Waals surface area (Å²) in [5.41, 5.74) is 0.219. The van der Waals surface area contributed by atoms with Gasteiger partial charge >= 0.3 is 5.97 Å². The van der Waals surface area contributed by atoms with E-state index >= 15 is 0 Å². The normalized spacial score (nSPS) is 9.77. The molecule has 1 aromatic carbocycles. The molecule has 0 aliphatic rings. The fourth-order valence-corrected chi connectivity index (χ4v) is 1.24. The van der Waals surface area contributed by atoms with E-state index in [1.807, 2.05) is 22.6 Å². The molecule has 0 bridgehead atoms. The summed E-state index contributed by atoms with van der Waals surface area (Å²) in [6, 6.07) is 4.21. The Kier molecular flexibility index (Phi) is 3.85. The molecule has 0 heterocycles. The van der Waals surface area contributed by atoms with E-state index in [2.05, 4.69) is 15.0 Å². The van der Waals surface area contributed by atoms with Crippen molar-refractivity contribution < 1.29 is 13.9 Å². The number of esters is 1. The van der Waals surface area contributed by atoms with Crippen molar-refractivity contribution in [2.75, 3.05) is 6.23 Å². The van der Waals surface area contributed by atoms with Gasteiger partial charge in [-0.1, -0.05) is 0 Å². The van der Waals surface area contributed by atoms with Crippen LogP contribution in [-0.2, 0) is 4.74 Å². The molecule has 2 nitrogen and oxygen atoms in total. The van der Waals surface area contributed by atoms with E-state index in [1.54, 1.807) is 0 Å². The highest BCUT2D eigenvalue weighted by Crippen LogP contribution is 2.13. The fraction of sp³-hybridized carbons (Fsp3) is 0.125. The van der Waals surface area contributed by atoms with Crippen LogP contribution < -0.4 is 0 Å². The Hall–Kier alpha value is -0.433. The van der Waals surface area contributed by atoms with E-state index in [0.717, 1.165) is 6.07 Å². The lowest BCUT2D eigenvalue weighted by atomic mass is 10.2. The first-order chi connectivity index (χ1) is 6.15. The molecule has 13 heavy (non-hydrogen) atoms. The molecule has 5 heteroatoms. The Morgan fingerprint density at radius 3 is 2.85 bits per heavy atom. The van der Waals surface area contributed by atoms with E-state index in [1.165, 1.54) is 12.1 Å². The second-order valence-corrected chi connectivity index (χ2v) is 3.66. The van der Waals surface area contributed by atoms with Crippen LogP contribution in [-0.4, -0.2) is 22.4 Å². The van der Waals surface area contributed by atoms with E-state index in [4.69, 9.17) is 0 Å². The Bertz CT molecular complexity index is 330. The molecule has 67 valence electrons. The van der Waals surface area contributed by atoms with Crippen LogP contribution in [0.2, 0.25) is 0 Å². The summed E-state index contributed by atoms with van der Waals surface area (Å²) in [5.74, 6) is -0.950. The zero-order valence-corrected chi connectivity index (χ0v) is 9.67. The molecule has 1 aromatic rings. The number of rotatable bonds is 2. The molecule has 0 fully saturated rings. The first kappa shape index (κ1) is 10.6. The van der Waals surface area contributed by atoms with Crippen molar-refractivity contribution in [2.24, 2.45) is 0 Å². The van der Waals surface area contributed by atoms with Gasteiger partial charge in [0, 0.05) is 3.57 Å². The number of benzene rings is 1. The number of halogens is 2. The van der Waals surface area contributed by atoms with E-state index < -0.39 is 11.8 Å². The Balaban J connectivity index is 2.90. The lowest BCUT2D eigenvalue weighted by Crippen LogP contribution is -2.06. The summed E-state index contributed by atoms with van der Waals surface area (Å²) in [6.45, 7) is 0. The third-order valence-corrected chi connectivity index (χ3v) is 2.38. The molecule has 0 spiro atoms. The van der Waals surface area contributed by atoms with E-state index in [9.17, 15) is 9.18 Å². The number of ether oxygens (including phenoxy) is 1. The lowest BCUT2D eigenvalue weighted by Gasteiger charge is -2.01. The smallest absolute Gasteiger partial charge is 0.337 e. The second kappa shape index (κ2) is 4.71. The molecule has 1 rings (SSSR count). The minimum Gasteiger partial charge on any atom is -0.467 e. The van der Waals surface area contributed by atoms with Gasteiger partial charge in [-0.3, -0.25) is 0 Å². The van der Waals surface area contributed by atoms with Crippen LogP contribution in [0.3, 0.4) is 0 Å². The highest BCUT2D eigenvalue weighted by atomic mass is 127. The van der Waals surface area contributed by atoms with Crippen LogP contribution in [0, 0.1) is 9.39 Å². The van der Waals surface area contributed by atoms with Crippen molar-refractivity contribution in [1.29, 1.82) is 0 Å². The topological polar surface area (TPSA) is 26.3 Å². The summed E-state index contributed by atoms with van der Waals surface area (Å²) in [5, 5.41) is 0. The van der Waals surface area contributed by atoms with Gasteiger partial charge in [-0.05, 0) is 40.8 Å². The van der Waals surface area contributed by atoms with Crippen molar-refractivity contribution >= 4 is 38.8 Å². The van der Waals surface area contributed by atoms with Crippen molar-refractivity contribution in [1.82, 2.24) is 0 Å². The van der Waals surface area contributed by atoms with Crippen LogP contribution in [0.1, 0.15) is 10.4 Å². The number of hydrogen-bond acceptors (Lipinski definition) is 2. The molecule has 0 amide bonds. The highest BCUT2D eigenvalue weighted by molar-refractivity contribution is 14.1. The van der Waals surface area contributed by atoms with E-state index in [0.29, 0.717) is 3.57 Å². The molecule has 0 aliphatic carbocycles. The maximum Gasteiger partial charge on any atom is 0.337 e. The predicted molar refractivity (Wildman–Crippen MR) is 55.2 cm³/mol. The van der Waals surface area contributed by atoms with Gasteiger partial charge in [0.15, 0.2) is 0 Å². The van der Waals surface area contributed by atoms with Gasteiger partial charge in [0.05, 0.1) is 22.0 Å². The van der Waals surface area contributed by atoms with Gasteiger partial charge in [-0.2, -0.15) is 0 Å². The number of carbonyl (C=O) groups is 1. The van der Waals surface area contributed by atoms with Gasteiger partial charge in [0.2, 0.25) is 0 Å². The van der Waals surface area contributed by atoms with Crippen molar-refractivity contribution in [3.8, 4) is 0 Å². The summed E-state index contributed by atoms with van der Waals surface area (Å²) in [6.07, 6.45) is 0.104. The second-order valence-electron chi connectivity index (χ2n) is 2.21. The zero-order chi connectivity index (χ0) is 9.84. The quantitative estimate of drug-likeness (QED) is 0.472. The Labute approximate surface area is 92.0 Å². The molecule has 0 saturated heterocycles. The molecule has 0 saturated carbocycles. The Morgan fingerprint density at radius 2 is 2.31 bits per heavy atom. The minimum atomic E-state index is -0.537. The Morgan fingerprint density at radius 1 is 1.62 bits per heavy atom. The number of hydrogen-bond donors (Lipinski definition) is 0. The third kappa shape index (κ3) is 2.77. The van der Waals surface area contributed by atoms with Crippen LogP contribution in [0.5, 0.6) is 0 Å². The molecule has 3 radical (unpaired) electrons. The van der Waals surface area contributed by atoms with E-state index in [-0.39, 0.29) is 11.8 Å². The maximum atomic E-state index is 13.0. The summed E-state index contributed by atoms with van der Waals surface area (Å²) in [4.78, 5) is 11.1. The predicted octanol–water partition coefficient (Wildman–Crippen LogP) is 1.71. The van der Waals surface area contributed by atoms with Crippen LogP contribution >= 0.6 is 22.6 Å². The van der Waals surface area contributed by atoms with Crippen LogP contribution in [0.15, 0.2) is 18.2 Å². The van der Waals surface area contributed by atoms with Crippen molar-refractivity contribution in [2.45, 2.75) is 0 Å². The number of carbonyl (C=O) groups excluding carboxylic acids is 1. The molecule has 0 N–H and O–H groups in total. The SMILES string of the molecule is O=C(OC[Si])c1ccc(I)c(F)c1. The molecule has 0 aromatic heterocycles. The van der Waals surface area contributed by atoms with Crippen LogP contribution in [0.4, 0.5) is 4.39 Å². The molecule has 0 aliphatic heterocycles.